The van der Waals surface area contributed by atoms with Crippen LogP contribution >= 0.6 is 0 Å². The zero-order chi connectivity index (χ0) is 13.8. The van der Waals surface area contributed by atoms with Crippen molar-refractivity contribution < 1.29 is 9.66 Å². The van der Waals surface area contributed by atoms with Gasteiger partial charge in [-0.1, -0.05) is 19.1 Å². The van der Waals surface area contributed by atoms with Crippen LogP contribution in [0.1, 0.15) is 12.5 Å². The van der Waals surface area contributed by atoms with Crippen molar-refractivity contribution in [3.63, 3.8) is 0 Å². The van der Waals surface area contributed by atoms with Gasteiger partial charge in [0.2, 0.25) is 0 Å². The van der Waals surface area contributed by atoms with Crippen LogP contribution in [0.2, 0.25) is 0 Å². The molecular weight excluding hydrogens is 244 g/mol. The molecule has 0 spiro atoms. The Morgan fingerprint density at radius 2 is 1.79 bits per heavy atom. The topological polar surface area (TPSA) is 78.4 Å². The molecule has 0 aromatic heterocycles. The van der Waals surface area contributed by atoms with E-state index in [1.165, 1.54) is 23.8 Å². The van der Waals surface area contributed by atoms with Gasteiger partial charge in [-0.15, -0.1) is 0 Å². The minimum absolute atomic E-state index is 0.0904. The van der Waals surface area contributed by atoms with Crippen LogP contribution in [0.15, 0.2) is 42.5 Å². The van der Waals surface area contributed by atoms with E-state index in [0.717, 1.165) is 6.42 Å². The monoisotopic (exact) mass is 258 g/mol. The van der Waals surface area contributed by atoms with E-state index in [2.05, 4.69) is 6.92 Å². The zero-order valence-electron chi connectivity index (χ0n) is 10.5. The van der Waals surface area contributed by atoms with E-state index < -0.39 is 4.92 Å². The second kappa shape index (κ2) is 5.39. The smallest absolute Gasteiger partial charge is 0.292 e. The Hall–Kier alpha value is -2.56. The molecule has 2 rings (SSSR count). The van der Waals surface area contributed by atoms with E-state index in [1.807, 2.05) is 24.3 Å². The van der Waals surface area contributed by atoms with E-state index >= 15 is 0 Å². The van der Waals surface area contributed by atoms with Crippen LogP contribution in [-0.4, -0.2) is 4.92 Å². The highest BCUT2D eigenvalue weighted by Gasteiger charge is 2.11. The van der Waals surface area contributed by atoms with Gasteiger partial charge in [-0.3, -0.25) is 10.1 Å². The molecule has 0 atom stereocenters. The summed E-state index contributed by atoms with van der Waals surface area (Å²) in [4.78, 5) is 10.1. The minimum atomic E-state index is -0.519. The molecule has 0 aliphatic rings. The quantitative estimate of drug-likeness (QED) is 0.517. The van der Waals surface area contributed by atoms with Gasteiger partial charge in [0.15, 0.2) is 0 Å². The number of ether oxygens (including phenoxy) is 1. The molecule has 19 heavy (non-hydrogen) atoms. The molecule has 0 unspecified atom stereocenters. The highest BCUT2D eigenvalue weighted by Crippen LogP contribution is 2.29. The molecular formula is C14H14N2O3. The predicted octanol–water partition coefficient (Wildman–Crippen LogP) is 3.53. The number of anilines is 1. The van der Waals surface area contributed by atoms with Gasteiger partial charge in [0, 0.05) is 12.1 Å². The summed E-state index contributed by atoms with van der Waals surface area (Å²) in [5.41, 5.74) is 6.79. The average molecular weight is 258 g/mol. The molecule has 0 saturated carbocycles. The van der Waals surface area contributed by atoms with Crippen molar-refractivity contribution in [2.45, 2.75) is 13.3 Å². The molecule has 0 radical (unpaired) electrons. The highest BCUT2D eigenvalue weighted by atomic mass is 16.6. The van der Waals surface area contributed by atoms with Crippen LogP contribution in [0.5, 0.6) is 11.5 Å². The Kier molecular flexibility index (Phi) is 3.66. The summed E-state index contributed by atoms with van der Waals surface area (Å²) in [7, 11) is 0. The van der Waals surface area contributed by atoms with Gasteiger partial charge >= 0.3 is 0 Å². The number of hydrogen-bond donors (Lipinski definition) is 1. The zero-order valence-corrected chi connectivity index (χ0v) is 10.5. The third-order valence-corrected chi connectivity index (χ3v) is 2.76. The second-order valence-electron chi connectivity index (χ2n) is 4.08. The Morgan fingerprint density at radius 1 is 1.16 bits per heavy atom. The summed E-state index contributed by atoms with van der Waals surface area (Å²) in [6, 6.07) is 12.0. The van der Waals surface area contributed by atoms with E-state index in [4.69, 9.17) is 10.5 Å². The van der Waals surface area contributed by atoms with Crippen molar-refractivity contribution in [2.75, 3.05) is 5.73 Å². The average Bonchev–Trinajstić information content (AvgIpc) is 2.39. The predicted molar refractivity (Wildman–Crippen MR) is 73.4 cm³/mol. The maximum Gasteiger partial charge on any atom is 0.292 e. The fraction of sp³-hybridized carbons (Fsp3) is 0.143. The van der Waals surface area contributed by atoms with Crippen LogP contribution in [0.25, 0.3) is 0 Å². The highest BCUT2D eigenvalue weighted by molar-refractivity contribution is 5.61. The first-order chi connectivity index (χ1) is 9.10. The first kappa shape index (κ1) is 12.9. The second-order valence-corrected chi connectivity index (χ2v) is 4.08. The number of nitro benzene ring substituents is 1. The van der Waals surface area contributed by atoms with Crippen molar-refractivity contribution in [3.05, 3.63) is 58.1 Å². The number of rotatable bonds is 4. The lowest BCUT2D eigenvalue weighted by atomic mass is 10.2. The lowest BCUT2D eigenvalue weighted by Gasteiger charge is -2.07. The molecule has 0 aliphatic heterocycles. The van der Waals surface area contributed by atoms with Gasteiger partial charge in [0.25, 0.3) is 5.69 Å². The molecule has 0 amide bonds. The number of aryl methyl sites for hydroxylation is 1. The van der Waals surface area contributed by atoms with Gasteiger partial charge in [-0.2, -0.15) is 0 Å². The van der Waals surface area contributed by atoms with Crippen LogP contribution in [-0.2, 0) is 6.42 Å². The summed E-state index contributed by atoms with van der Waals surface area (Å²) >= 11 is 0. The molecule has 0 bridgehead atoms. The normalized spacial score (nSPS) is 10.2. The fourth-order valence-electron chi connectivity index (χ4n) is 1.69. The molecule has 2 aromatic carbocycles. The Labute approximate surface area is 110 Å². The number of nitro groups is 1. The van der Waals surface area contributed by atoms with Crippen LogP contribution < -0.4 is 10.5 Å². The molecule has 98 valence electrons. The lowest BCUT2D eigenvalue weighted by molar-refractivity contribution is -0.383. The van der Waals surface area contributed by atoms with Crippen LogP contribution in [0.3, 0.4) is 0 Å². The third-order valence-electron chi connectivity index (χ3n) is 2.76. The summed E-state index contributed by atoms with van der Waals surface area (Å²) in [6.07, 6.45) is 0.963. The first-order valence-electron chi connectivity index (χ1n) is 5.91. The molecule has 5 nitrogen and oxygen atoms in total. The minimum Gasteiger partial charge on any atom is -0.457 e. The number of hydrogen-bond acceptors (Lipinski definition) is 4. The molecule has 5 heteroatoms. The molecule has 0 aliphatic carbocycles. The summed E-state index contributed by atoms with van der Waals surface area (Å²) in [5, 5.41) is 10.6. The van der Waals surface area contributed by atoms with E-state index in [9.17, 15) is 10.1 Å². The van der Waals surface area contributed by atoms with Crippen molar-refractivity contribution >= 4 is 11.4 Å². The first-order valence-corrected chi connectivity index (χ1v) is 5.91. The van der Waals surface area contributed by atoms with Crippen molar-refractivity contribution in [1.82, 2.24) is 0 Å². The Bertz CT molecular complexity index is 594. The van der Waals surface area contributed by atoms with Crippen LogP contribution in [0, 0.1) is 10.1 Å². The van der Waals surface area contributed by atoms with E-state index in [-0.39, 0.29) is 11.4 Å². The van der Waals surface area contributed by atoms with E-state index in [0.29, 0.717) is 11.5 Å². The van der Waals surface area contributed by atoms with Crippen molar-refractivity contribution in [1.29, 1.82) is 0 Å². The Balaban J connectivity index is 2.18. The van der Waals surface area contributed by atoms with Gasteiger partial charge in [-0.05, 0) is 30.2 Å². The van der Waals surface area contributed by atoms with Crippen molar-refractivity contribution in [2.24, 2.45) is 0 Å². The lowest BCUT2D eigenvalue weighted by Crippen LogP contribution is -1.96. The maximum atomic E-state index is 10.6. The summed E-state index contributed by atoms with van der Waals surface area (Å²) in [6.45, 7) is 2.08. The van der Waals surface area contributed by atoms with Gasteiger partial charge < -0.3 is 10.5 Å². The standard InChI is InChI=1S/C14H14N2O3/c1-2-10-3-5-11(6-4-10)19-12-7-8-14(16(17)18)13(15)9-12/h3-9H,2,15H2,1H3. The van der Waals surface area contributed by atoms with Crippen LogP contribution in [0.4, 0.5) is 11.4 Å². The molecule has 2 aromatic rings. The number of nitrogen functional groups attached to an aromatic ring is 1. The number of benzene rings is 2. The maximum absolute atomic E-state index is 10.6. The largest absolute Gasteiger partial charge is 0.457 e. The fourth-order valence-corrected chi connectivity index (χ4v) is 1.69. The summed E-state index contributed by atoms with van der Waals surface area (Å²) in [5.74, 6) is 1.15. The number of nitrogens with zero attached hydrogens (tertiary/aromatic N) is 1. The van der Waals surface area contributed by atoms with E-state index in [1.54, 1.807) is 0 Å². The van der Waals surface area contributed by atoms with Gasteiger partial charge in [0.05, 0.1) is 4.92 Å². The summed E-state index contributed by atoms with van der Waals surface area (Å²) < 4.78 is 5.59. The van der Waals surface area contributed by atoms with Gasteiger partial charge in [0.1, 0.15) is 17.2 Å². The SMILES string of the molecule is CCc1ccc(Oc2ccc([N+](=O)[O-])c(N)c2)cc1. The molecule has 2 N–H and O–H groups in total. The molecule has 0 saturated heterocycles. The number of nitrogens with two attached hydrogens (primary N) is 1. The van der Waals surface area contributed by atoms with Gasteiger partial charge in [-0.25, -0.2) is 0 Å². The molecule has 0 heterocycles. The molecule has 0 fully saturated rings. The third kappa shape index (κ3) is 3.01. The Morgan fingerprint density at radius 3 is 2.32 bits per heavy atom. The van der Waals surface area contributed by atoms with Crippen molar-refractivity contribution in [3.8, 4) is 11.5 Å².